The summed E-state index contributed by atoms with van der Waals surface area (Å²) in [4.78, 5) is 0. The first kappa shape index (κ1) is 24.1. The maximum atomic E-state index is 15.0. The van der Waals surface area contributed by atoms with E-state index in [1.165, 1.54) is 12.1 Å². The van der Waals surface area contributed by atoms with Gasteiger partial charge in [-0.15, -0.1) is 0 Å². The number of hydrogen-bond donors (Lipinski definition) is 0. The standard InChI is InChI=1S/C30H31F3O/c1-3-5-20-6-8-22(9-7-20)25-15-14-24(19-27(25)31)21-10-12-23(13-11-21)26-16-17-28(34-18-4-2)30(33)29(26)32/h3,5,10-17,19-20,22H,4,6-9,18H2,1-2H3/b5-3+. The van der Waals surface area contributed by atoms with Crippen molar-refractivity contribution >= 4 is 0 Å². The summed E-state index contributed by atoms with van der Waals surface area (Å²) in [6.07, 6.45) is 9.28. The number of allylic oxidation sites excluding steroid dienone is 2. The number of hydrogen-bond acceptors (Lipinski definition) is 1. The van der Waals surface area contributed by atoms with E-state index in [2.05, 4.69) is 12.2 Å². The molecular weight excluding hydrogens is 433 g/mol. The molecule has 1 saturated carbocycles. The van der Waals surface area contributed by atoms with Crippen molar-refractivity contribution in [2.45, 2.75) is 51.9 Å². The third kappa shape index (κ3) is 5.22. The second-order valence-corrected chi connectivity index (χ2v) is 9.04. The molecule has 0 spiro atoms. The van der Waals surface area contributed by atoms with Crippen LogP contribution in [0.25, 0.3) is 22.3 Å². The van der Waals surface area contributed by atoms with Crippen LogP contribution in [0.4, 0.5) is 13.2 Å². The Balaban J connectivity index is 1.50. The lowest BCUT2D eigenvalue weighted by Gasteiger charge is -2.27. The molecule has 0 radical (unpaired) electrons. The molecular formula is C30H31F3O. The molecule has 0 aliphatic heterocycles. The van der Waals surface area contributed by atoms with Crippen molar-refractivity contribution in [1.82, 2.24) is 0 Å². The minimum atomic E-state index is -0.979. The third-order valence-electron chi connectivity index (χ3n) is 6.71. The molecule has 0 amide bonds. The van der Waals surface area contributed by atoms with Crippen LogP contribution in [-0.4, -0.2) is 6.61 Å². The minimum absolute atomic E-state index is 0.0781. The fourth-order valence-corrected chi connectivity index (χ4v) is 4.85. The van der Waals surface area contributed by atoms with Crippen LogP contribution in [0.15, 0.2) is 66.7 Å². The quantitative estimate of drug-likeness (QED) is 0.317. The van der Waals surface area contributed by atoms with Crippen molar-refractivity contribution in [3.63, 3.8) is 0 Å². The Labute approximate surface area is 200 Å². The van der Waals surface area contributed by atoms with Gasteiger partial charge in [-0.3, -0.25) is 0 Å². The van der Waals surface area contributed by atoms with Crippen LogP contribution in [0.2, 0.25) is 0 Å². The van der Waals surface area contributed by atoms with Crippen molar-refractivity contribution in [2.75, 3.05) is 6.61 Å². The highest BCUT2D eigenvalue weighted by molar-refractivity contribution is 5.71. The third-order valence-corrected chi connectivity index (χ3v) is 6.71. The molecule has 4 heteroatoms. The summed E-state index contributed by atoms with van der Waals surface area (Å²) in [5.74, 6) is -1.29. The molecule has 1 aliphatic carbocycles. The van der Waals surface area contributed by atoms with E-state index in [1.54, 1.807) is 18.2 Å². The van der Waals surface area contributed by atoms with Gasteiger partial charge in [0.15, 0.2) is 11.6 Å². The molecule has 178 valence electrons. The predicted octanol–water partition coefficient (Wildman–Crippen LogP) is 9.08. The minimum Gasteiger partial charge on any atom is -0.490 e. The van der Waals surface area contributed by atoms with Crippen LogP contribution >= 0.6 is 0 Å². The Morgan fingerprint density at radius 1 is 0.824 bits per heavy atom. The summed E-state index contributed by atoms with van der Waals surface area (Å²) < 4.78 is 49.3. The van der Waals surface area contributed by atoms with Crippen LogP contribution in [0, 0.1) is 23.4 Å². The van der Waals surface area contributed by atoms with Crippen LogP contribution in [0.1, 0.15) is 57.4 Å². The van der Waals surface area contributed by atoms with Crippen molar-refractivity contribution in [3.05, 3.63) is 89.8 Å². The lowest BCUT2D eigenvalue weighted by atomic mass is 9.78. The summed E-state index contributed by atoms with van der Waals surface area (Å²) in [5, 5.41) is 0. The van der Waals surface area contributed by atoms with E-state index in [0.29, 0.717) is 24.5 Å². The average Bonchev–Trinajstić information content (AvgIpc) is 2.86. The Kier molecular flexibility index (Phi) is 7.77. The van der Waals surface area contributed by atoms with Gasteiger partial charge in [0.2, 0.25) is 5.82 Å². The molecule has 4 rings (SSSR count). The van der Waals surface area contributed by atoms with Crippen molar-refractivity contribution < 1.29 is 17.9 Å². The van der Waals surface area contributed by atoms with Crippen LogP contribution in [0.5, 0.6) is 5.75 Å². The summed E-state index contributed by atoms with van der Waals surface area (Å²) in [6, 6.07) is 15.5. The molecule has 0 atom stereocenters. The number of ether oxygens (including phenoxy) is 1. The summed E-state index contributed by atoms with van der Waals surface area (Å²) >= 11 is 0. The monoisotopic (exact) mass is 464 g/mol. The second-order valence-electron chi connectivity index (χ2n) is 9.04. The zero-order valence-corrected chi connectivity index (χ0v) is 19.8. The van der Waals surface area contributed by atoms with Crippen molar-refractivity contribution in [1.29, 1.82) is 0 Å². The Morgan fingerprint density at radius 2 is 1.50 bits per heavy atom. The molecule has 34 heavy (non-hydrogen) atoms. The molecule has 1 nitrogen and oxygen atoms in total. The Bertz CT molecular complexity index is 1140. The fraction of sp³-hybridized carbons (Fsp3) is 0.333. The molecule has 3 aromatic carbocycles. The number of rotatable bonds is 7. The van der Waals surface area contributed by atoms with Gasteiger partial charge in [0.1, 0.15) is 5.82 Å². The van der Waals surface area contributed by atoms with Gasteiger partial charge in [-0.05, 0) is 91.3 Å². The highest BCUT2D eigenvalue weighted by atomic mass is 19.2. The van der Waals surface area contributed by atoms with Gasteiger partial charge in [-0.25, -0.2) is 8.78 Å². The molecule has 3 aromatic rings. The molecule has 0 unspecified atom stereocenters. The summed E-state index contributed by atoms with van der Waals surface area (Å²) in [7, 11) is 0. The smallest absolute Gasteiger partial charge is 0.201 e. The Hall–Kier alpha value is -3.01. The molecule has 0 heterocycles. The largest absolute Gasteiger partial charge is 0.490 e. The van der Waals surface area contributed by atoms with E-state index in [0.717, 1.165) is 42.4 Å². The van der Waals surface area contributed by atoms with E-state index in [1.807, 2.05) is 38.1 Å². The SMILES string of the molecule is C/C=C/C1CCC(c2ccc(-c3ccc(-c4ccc(OCCC)c(F)c4F)cc3)cc2F)CC1. The van der Waals surface area contributed by atoms with Gasteiger partial charge >= 0.3 is 0 Å². The molecule has 0 N–H and O–H groups in total. The van der Waals surface area contributed by atoms with Gasteiger partial charge in [0, 0.05) is 5.56 Å². The summed E-state index contributed by atoms with van der Waals surface area (Å²) in [6.45, 7) is 4.28. The number of halogens is 3. The lowest BCUT2D eigenvalue weighted by molar-refractivity contribution is 0.295. The fourth-order valence-electron chi connectivity index (χ4n) is 4.85. The molecule has 0 bridgehead atoms. The van der Waals surface area contributed by atoms with Gasteiger partial charge in [0.25, 0.3) is 0 Å². The highest BCUT2D eigenvalue weighted by Gasteiger charge is 2.23. The van der Waals surface area contributed by atoms with Gasteiger partial charge in [-0.2, -0.15) is 4.39 Å². The lowest BCUT2D eigenvalue weighted by Crippen LogP contribution is -2.12. The normalized spacial score (nSPS) is 18.4. The van der Waals surface area contributed by atoms with E-state index in [9.17, 15) is 8.78 Å². The van der Waals surface area contributed by atoms with Crippen molar-refractivity contribution in [3.8, 4) is 28.0 Å². The van der Waals surface area contributed by atoms with E-state index < -0.39 is 11.6 Å². The van der Waals surface area contributed by atoms with E-state index in [-0.39, 0.29) is 23.0 Å². The van der Waals surface area contributed by atoms with Crippen molar-refractivity contribution in [2.24, 2.45) is 5.92 Å². The maximum Gasteiger partial charge on any atom is 0.201 e. The maximum absolute atomic E-state index is 15.0. The number of benzene rings is 3. The molecule has 1 fully saturated rings. The van der Waals surface area contributed by atoms with Crippen LogP contribution < -0.4 is 4.74 Å². The predicted molar refractivity (Wildman–Crippen MR) is 132 cm³/mol. The van der Waals surface area contributed by atoms with Crippen LogP contribution in [-0.2, 0) is 0 Å². The zero-order chi connectivity index (χ0) is 24.1. The van der Waals surface area contributed by atoms with E-state index >= 15 is 4.39 Å². The highest BCUT2D eigenvalue weighted by Crippen LogP contribution is 2.38. The molecule has 1 aliphatic rings. The average molecular weight is 465 g/mol. The first-order chi connectivity index (χ1) is 16.5. The summed E-state index contributed by atoms with van der Waals surface area (Å²) in [5.41, 5.74) is 3.11. The van der Waals surface area contributed by atoms with Crippen LogP contribution in [0.3, 0.4) is 0 Å². The van der Waals surface area contributed by atoms with E-state index in [4.69, 9.17) is 4.74 Å². The van der Waals surface area contributed by atoms with Gasteiger partial charge in [0.05, 0.1) is 6.61 Å². The van der Waals surface area contributed by atoms with Gasteiger partial charge < -0.3 is 4.74 Å². The molecule has 0 aromatic heterocycles. The zero-order valence-electron chi connectivity index (χ0n) is 19.8. The second kappa shape index (κ2) is 10.9. The molecule has 0 saturated heterocycles. The first-order valence-electron chi connectivity index (χ1n) is 12.2. The Morgan fingerprint density at radius 3 is 2.15 bits per heavy atom. The first-order valence-corrected chi connectivity index (χ1v) is 12.2. The topological polar surface area (TPSA) is 9.23 Å². The van der Waals surface area contributed by atoms with Gasteiger partial charge in [-0.1, -0.05) is 55.5 Å².